The number of likely N-dealkylation sites (N-methyl/N-ethyl adjacent to an activating group) is 1. The summed E-state index contributed by atoms with van der Waals surface area (Å²) < 4.78 is 0. The third kappa shape index (κ3) is 2.75. The molecular formula is C11H15N3O4. The lowest BCUT2D eigenvalue weighted by Gasteiger charge is -2.23. The van der Waals surface area contributed by atoms with E-state index in [0.717, 1.165) is 0 Å². The highest BCUT2D eigenvalue weighted by molar-refractivity contribution is 5.99. The maximum Gasteiger partial charge on any atom is 0.282 e. The zero-order valence-electron chi connectivity index (χ0n) is 10.2. The molecule has 0 aromatic heterocycles. The number of carbonyl (C=O) groups excluding carboxylic acids is 1. The average molecular weight is 253 g/mol. The molecule has 0 aliphatic rings. The number of rotatable bonds is 4. The summed E-state index contributed by atoms with van der Waals surface area (Å²) in [6.45, 7) is 1.41. The van der Waals surface area contributed by atoms with E-state index in [4.69, 9.17) is 10.8 Å². The maximum atomic E-state index is 12.1. The SMILES string of the molecule is CC(CO)N(C)C(=O)c1cc(N)ccc1[N+](=O)[O-]. The van der Waals surface area contributed by atoms with Gasteiger partial charge in [-0.1, -0.05) is 0 Å². The lowest BCUT2D eigenvalue weighted by molar-refractivity contribution is -0.385. The summed E-state index contributed by atoms with van der Waals surface area (Å²) in [7, 11) is 1.47. The summed E-state index contributed by atoms with van der Waals surface area (Å²) in [5, 5.41) is 19.8. The number of carbonyl (C=O) groups is 1. The molecule has 98 valence electrons. The molecule has 18 heavy (non-hydrogen) atoms. The molecule has 0 bridgehead atoms. The van der Waals surface area contributed by atoms with Crippen molar-refractivity contribution in [3.63, 3.8) is 0 Å². The van der Waals surface area contributed by atoms with Gasteiger partial charge in [0.15, 0.2) is 0 Å². The summed E-state index contributed by atoms with van der Waals surface area (Å²) in [5.41, 5.74) is 5.42. The predicted molar refractivity (Wildman–Crippen MR) is 66.2 cm³/mol. The number of anilines is 1. The molecule has 0 aliphatic carbocycles. The minimum absolute atomic E-state index is 0.0807. The molecule has 1 rings (SSSR count). The van der Waals surface area contributed by atoms with Crippen molar-refractivity contribution in [2.75, 3.05) is 19.4 Å². The monoisotopic (exact) mass is 253 g/mol. The van der Waals surface area contributed by atoms with Crippen molar-refractivity contribution >= 4 is 17.3 Å². The Morgan fingerprint density at radius 1 is 1.61 bits per heavy atom. The summed E-state index contributed by atoms with van der Waals surface area (Å²) in [5.74, 6) is -0.546. The first kappa shape index (κ1) is 13.9. The molecule has 0 saturated carbocycles. The zero-order valence-corrected chi connectivity index (χ0v) is 10.2. The van der Waals surface area contributed by atoms with E-state index in [1.54, 1.807) is 6.92 Å². The van der Waals surface area contributed by atoms with Crippen LogP contribution in [0.4, 0.5) is 11.4 Å². The highest BCUT2D eigenvalue weighted by atomic mass is 16.6. The number of nitrogen functional groups attached to an aromatic ring is 1. The minimum Gasteiger partial charge on any atom is -0.399 e. The number of amides is 1. The second-order valence-electron chi connectivity index (χ2n) is 3.98. The molecule has 0 fully saturated rings. The van der Waals surface area contributed by atoms with Crippen molar-refractivity contribution in [3.05, 3.63) is 33.9 Å². The highest BCUT2D eigenvalue weighted by Crippen LogP contribution is 2.23. The zero-order chi connectivity index (χ0) is 13.9. The first-order valence-corrected chi connectivity index (χ1v) is 5.30. The van der Waals surface area contributed by atoms with Crippen LogP contribution in [0, 0.1) is 10.1 Å². The first-order valence-electron chi connectivity index (χ1n) is 5.30. The van der Waals surface area contributed by atoms with Gasteiger partial charge < -0.3 is 15.7 Å². The van der Waals surface area contributed by atoms with Gasteiger partial charge in [0, 0.05) is 18.8 Å². The van der Waals surface area contributed by atoms with Crippen LogP contribution in [0.1, 0.15) is 17.3 Å². The minimum atomic E-state index is -0.635. The Kier molecular flexibility index (Phi) is 4.22. The largest absolute Gasteiger partial charge is 0.399 e. The molecule has 0 aliphatic heterocycles. The number of nitro groups is 1. The van der Waals surface area contributed by atoms with Gasteiger partial charge >= 0.3 is 0 Å². The second kappa shape index (κ2) is 5.46. The second-order valence-corrected chi connectivity index (χ2v) is 3.98. The van der Waals surface area contributed by atoms with Crippen LogP contribution in [0.2, 0.25) is 0 Å². The fourth-order valence-corrected chi connectivity index (χ4v) is 1.40. The molecule has 3 N–H and O–H groups in total. The van der Waals surface area contributed by atoms with Crippen molar-refractivity contribution in [3.8, 4) is 0 Å². The van der Waals surface area contributed by atoms with Gasteiger partial charge in [-0.05, 0) is 19.1 Å². The lowest BCUT2D eigenvalue weighted by atomic mass is 10.1. The summed E-state index contributed by atoms with van der Waals surface area (Å²) in [4.78, 5) is 23.5. The highest BCUT2D eigenvalue weighted by Gasteiger charge is 2.25. The summed E-state index contributed by atoms with van der Waals surface area (Å²) in [6.07, 6.45) is 0. The molecule has 7 nitrogen and oxygen atoms in total. The van der Waals surface area contributed by atoms with Crippen LogP contribution < -0.4 is 5.73 Å². The molecule has 0 heterocycles. The molecule has 1 amide bonds. The van der Waals surface area contributed by atoms with Crippen LogP contribution in [0.25, 0.3) is 0 Å². The maximum absolute atomic E-state index is 12.1. The van der Waals surface area contributed by atoms with Gasteiger partial charge in [-0.15, -0.1) is 0 Å². The quantitative estimate of drug-likeness (QED) is 0.464. The van der Waals surface area contributed by atoms with Crippen LogP contribution in [0.3, 0.4) is 0 Å². The Bertz CT molecular complexity index is 475. The van der Waals surface area contributed by atoms with E-state index in [1.165, 1.54) is 30.1 Å². The van der Waals surface area contributed by atoms with Crippen molar-refractivity contribution < 1.29 is 14.8 Å². The topological polar surface area (TPSA) is 110 Å². The number of nitrogens with zero attached hydrogens (tertiary/aromatic N) is 2. The fraction of sp³-hybridized carbons (Fsp3) is 0.364. The summed E-state index contributed by atoms with van der Waals surface area (Å²) >= 11 is 0. The Balaban J connectivity index is 3.19. The predicted octanol–water partition coefficient (Wildman–Crippen LogP) is 0.630. The summed E-state index contributed by atoms with van der Waals surface area (Å²) in [6, 6.07) is 3.39. The van der Waals surface area contributed by atoms with Crippen LogP contribution >= 0.6 is 0 Å². The number of aliphatic hydroxyl groups excluding tert-OH is 1. The van der Waals surface area contributed by atoms with Gasteiger partial charge in [0.05, 0.1) is 17.6 Å². The Morgan fingerprint density at radius 2 is 2.22 bits per heavy atom. The standard InChI is InChI=1S/C11H15N3O4/c1-7(6-15)13(2)11(16)9-5-8(12)3-4-10(9)14(17)18/h3-5,7,15H,6,12H2,1-2H3. The van der Waals surface area contributed by atoms with Crippen molar-refractivity contribution in [1.29, 1.82) is 0 Å². The van der Waals surface area contributed by atoms with Crippen molar-refractivity contribution in [1.82, 2.24) is 4.90 Å². The normalized spacial score (nSPS) is 11.9. The van der Waals surface area contributed by atoms with Gasteiger partial charge in [-0.25, -0.2) is 0 Å². The van der Waals surface area contributed by atoms with Crippen LogP contribution in [0.15, 0.2) is 18.2 Å². The number of aliphatic hydroxyl groups is 1. The van der Waals surface area contributed by atoms with Gasteiger partial charge in [0.25, 0.3) is 11.6 Å². The van der Waals surface area contributed by atoms with Crippen LogP contribution in [-0.2, 0) is 0 Å². The van der Waals surface area contributed by atoms with Gasteiger partial charge in [0.2, 0.25) is 0 Å². The molecule has 0 radical (unpaired) electrons. The van der Waals surface area contributed by atoms with Crippen molar-refractivity contribution in [2.24, 2.45) is 0 Å². The van der Waals surface area contributed by atoms with E-state index in [-0.39, 0.29) is 23.5 Å². The molecular weight excluding hydrogens is 238 g/mol. The number of nitrogens with two attached hydrogens (primary N) is 1. The Labute approximate surface area is 104 Å². The van der Waals surface area contributed by atoms with Crippen molar-refractivity contribution in [2.45, 2.75) is 13.0 Å². The molecule has 1 aromatic rings. The van der Waals surface area contributed by atoms with Gasteiger partial charge in [-0.2, -0.15) is 0 Å². The molecule has 0 spiro atoms. The third-order valence-corrected chi connectivity index (χ3v) is 2.69. The molecule has 1 aromatic carbocycles. The van der Waals surface area contributed by atoms with E-state index in [9.17, 15) is 14.9 Å². The Hall–Kier alpha value is -2.15. The molecule has 1 atom stereocenters. The number of nitro benzene ring substituents is 1. The number of hydrogen-bond acceptors (Lipinski definition) is 5. The van der Waals surface area contributed by atoms with E-state index in [0.29, 0.717) is 0 Å². The number of benzene rings is 1. The third-order valence-electron chi connectivity index (χ3n) is 2.69. The average Bonchev–Trinajstić information content (AvgIpc) is 2.35. The molecule has 1 unspecified atom stereocenters. The van der Waals surface area contributed by atoms with Crippen LogP contribution in [-0.4, -0.2) is 40.5 Å². The van der Waals surface area contributed by atoms with E-state index < -0.39 is 16.9 Å². The van der Waals surface area contributed by atoms with E-state index >= 15 is 0 Å². The smallest absolute Gasteiger partial charge is 0.282 e. The van der Waals surface area contributed by atoms with Gasteiger partial charge in [-0.3, -0.25) is 14.9 Å². The lowest BCUT2D eigenvalue weighted by Crippen LogP contribution is -2.37. The number of hydrogen-bond donors (Lipinski definition) is 2. The van der Waals surface area contributed by atoms with E-state index in [1.807, 2.05) is 0 Å². The van der Waals surface area contributed by atoms with E-state index in [2.05, 4.69) is 0 Å². The van der Waals surface area contributed by atoms with Crippen LogP contribution in [0.5, 0.6) is 0 Å². The first-order chi connectivity index (χ1) is 8.38. The van der Waals surface area contributed by atoms with Gasteiger partial charge in [0.1, 0.15) is 5.56 Å². The Morgan fingerprint density at radius 3 is 2.72 bits per heavy atom. The molecule has 7 heteroatoms. The fourth-order valence-electron chi connectivity index (χ4n) is 1.40. The molecule has 0 saturated heterocycles.